The van der Waals surface area contributed by atoms with Crippen molar-refractivity contribution in [3.63, 3.8) is 0 Å². The molecule has 0 fully saturated rings. The summed E-state index contributed by atoms with van der Waals surface area (Å²) in [6.07, 6.45) is 0.599. The van der Waals surface area contributed by atoms with Crippen LogP contribution < -0.4 is 24.8 Å². The second-order valence-corrected chi connectivity index (χ2v) is 5.85. The molecule has 0 bridgehead atoms. The van der Waals surface area contributed by atoms with Crippen LogP contribution in [0.3, 0.4) is 0 Å². The highest BCUT2D eigenvalue weighted by molar-refractivity contribution is 5.90. The molecule has 2 aromatic carbocycles. The number of rotatable bonds is 5. The maximum atomic E-state index is 12.0. The molecule has 1 aliphatic heterocycles. The number of amides is 2. The molecule has 1 atom stereocenters. The van der Waals surface area contributed by atoms with Crippen molar-refractivity contribution in [3.05, 3.63) is 48.0 Å². The van der Waals surface area contributed by atoms with Crippen LogP contribution in [0.1, 0.15) is 12.0 Å². The van der Waals surface area contributed by atoms with Gasteiger partial charge in [0.2, 0.25) is 0 Å². The topological polar surface area (TPSA) is 68.8 Å². The third kappa shape index (κ3) is 4.35. The van der Waals surface area contributed by atoms with Gasteiger partial charge < -0.3 is 24.8 Å². The number of ether oxygens (including phenoxy) is 3. The monoisotopic (exact) mass is 342 g/mol. The van der Waals surface area contributed by atoms with Crippen molar-refractivity contribution < 1.29 is 19.0 Å². The molecule has 1 heterocycles. The summed E-state index contributed by atoms with van der Waals surface area (Å²) >= 11 is 0. The zero-order valence-electron chi connectivity index (χ0n) is 14.4. The molecule has 3 rings (SSSR count). The molecule has 0 aliphatic carbocycles. The van der Waals surface area contributed by atoms with Crippen molar-refractivity contribution in [1.29, 1.82) is 0 Å². The van der Waals surface area contributed by atoms with Crippen molar-refractivity contribution in [1.82, 2.24) is 5.32 Å². The Balaban J connectivity index is 1.44. The minimum Gasteiger partial charge on any atom is -0.497 e. The van der Waals surface area contributed by atoms with Crippen LogP contribution >= 0.6 is 0 Å². The Bertz CT molecular complexity index is 748. The minimum absolute atomic E-state index is 0.0714. The molecular formula is C19H22N2O4. The van der Waals surface area contributed by atoms with Crippen molar-refractivity contribution in [2.24, 2.45) is 0 Å². The molecule has 6 nitrogen and oxygen atoms in total. The van der Waals surface area contributed by atoms with Gasteiger partial charge in [-0.3, -0.25) is 0 Å². The second kappa shape index (κ2) is 7.79. The zero-order valence-corrected chi connectivity index (χ0v) is 14.4. The summed E-state index contributed by atoms with van der Waals surface area (Å²) < 4.78 is 16.7. The Morgan fingerprint density at radius 1 is 1.24 bits per heavy atom. The first-order valence-electron chi connectivity index (χ1n) is 8.23. The van der Waals surface area contributed by atoms with Crippen LogP contribution in [0.4, 0.5) is 10.5 Å². The second-order valence-electron chi connectivity index (χ2n) is 5.85. The fourth-order valence-electron chi connectivity index (χ4n) is 2.62. The molecule has 6 heteroatoms. The van der Waals surface area contributed by atoms with Crippen LogP contribution in [0.2, 0.25) is 0 Å². The van der Waals surface area contributed by atoms with Crippen LogP contribution in [0.5, 0.6) is 17.2 Å². The molecule has 1 unspecified atom stereocenters. The molecule has 0 spiro atoms. The predicted molar refractivity (Wildman–Crippen MR) is 95.7 cm³/mol. The third-order valence-electron chi connectivity index (χ3n) is 4.00. The highest BCUT2D eigenvalue weighted by atomic mass is 16.6. The third-order valence-corrected chi connectivity index (χ3v) is 4.00. The molecule has 0 saturated carbocycles. The first kappa shape index (κ1) is 17.0. The van der Waals surface area contributed by atoms with Gasteiger partial charge in [-0.25, -0.2) is 4.79 Å². The van der Waals surface area contributed by atoms with Crippen LogP contribution in [0.25, 0.3) is 0 Å². The summed E-state index contributed by atoms with van der Waals surface area (Å²) in [6.45, 7) is 2.90. The lowest BCUT2D eigenvalue weighted by molar-refractivity contribution is 0.0854. The summed E-state index contributed by atoms with van der Waals surface area (Å²) in [5.41, 5.74) is 1.69. The summed E-state index contributed by atoms with van der Waals surface area (Å²) in [7, 11) is 1.62. The van der Waals surface area contributed by atoms with Gasteiger partial charge in [-0.15, -0.1) is 0 Å². The van der Waals surface area contributed by atoms with Crippen LogP contribution in [0, 0.1) is 6.92 Å². The fourth-order valence-corrected chi connectivity index (χ4v) is 2.62. The van der Waals surface area contributed by atoms with Gasteiger partial charge in [0.15, 0.2) is 11.5 Å². The van der Waals surface area contributed by atoms with Gasteiger partial charge in [-0.05, 0) is 42.8 Å². The maximum absolute atomic E-state index is 12.0. The van der Waals surface area contributed by atoms with E-state index in [-0.39, 0.29) is 12.1 Å². The average Bonchev–Trinajstić information content (AvgIpc) is 2.63. The quantitative estimate of drug-likeness (QED) is 0.874. The number of carbonyl (C=O) groups is 1. The highest BCUT2D eigenvalue weighted by Crippen LogP contribution is 2.31. The van der Waals surface area contributed by atoms with E-state index in [2.05, 4.69) is 10.6 Å². The van der Waals surface area contributed by atoms with Gasteiger partial charge in [0.05, 0.1) is 7.11 Å². The normalized spacial score (nSPS) is 15.4. The number of carbonyl (C=O) groups excluding carboxylic acids is 1. The smallest absolute Gasteiger partial charge is 0.319 e. The first-order chi connectivity index (χ1) is 12.2. The first-order valence-corrected chi connectivity index (χ1v) is 8.23. The molecule has 2 N–H and O–H groups in total. The van der Waals surface area contributed by atoms with Crippen molar-refractivity contribution in [2.75, 3.05) is 25.6 Å². The number of anilines is 1. The standard InChI is InChI=1S/C19H22N2O4/c1-13-11-14(23-2)7-8-16(13)21-19(22)20-10-9-15-12-24-17-5-3-4-6-18(17)25-15/h3-8,11,15H,9-10,12H2,1-2H3,(H2,20,21,22). The molecule has 132 valence electrons. The summed E-state index contributed by atoms with van der Waals surface area (Å²) in [6, 6.07) is 12.9. The summed E-state index contributed by atoms with van der Waals surface area (Å²) in [5, 5.41) is 5.68. The van der Waals surface area contributed by atoms with E-state index in [0.29, 0.717) is 19.6 Å². The Kier molecular flexibility index (Phi) is 5.28. The largest absolute Gasteiger partial charge is 0.497 e. The number of urea groups is 1. The number of aryl methyl sites for hydroxylation is 1. The van der Waals surface area contributed by atoms with Gasteiger partial charge >= 0.3 is 6.03 Å². The molecule has 0 aromatic heterocycles. The van der Waals surface area contributed by atoms with Crippen molar-refractivity contribution >= 4 is 11.7 Å². The van der Waals surface area contributed by atoms with Gasteiger partial charge in [-0.2, -0.15) is 0 Å². The SMILES string of the molecule is COc1ccc(NC(=O)NCCC2COc3ccccc3O2)c(C)c1. The number of methoxy groups -OCH3 is 1. The molecular weight excluding hydrogens is 320 g/mol. The number of fused-ring (bicyclic) bond motifs is 1. The van der Waals surface area contributed by atoms with E-state index in [1.54, 1.807) is 7.11 Å². The number of hydrogen-bond donors (Lipinski definition) is 2. The predicted octanol–water partition coefficient (Wildman–Crippen LogP) is 3.36. The van der Waals surface area contributed by atoms with E-state index >= 15 is 0 Å². The van der Waals surface area contributed by atoms with E-state index in [1.165, 1.54) is 0 Å². The van der Waals surface area contributed by atoms with Gasteiger partial charge in [0.25, 0.3) is 0 Å². The van der Waals surface area contributed by atoms with E-state index < -0.39 is 0 Å². The molecule has 0 saturated heterocycles. The number of hydrogen-bond acceptors (Lipinski definition) is 4. The van der Waals surface area contributed by atoms with Crippen LogP contribution in [-0.4, -0.2) is 32.4 Å². The number of nitrogens with one attached hydrogen (secondary N) is 2. The number of benzene rings is 2. The lowest BCUT2D eigenvalue weighted by Crippen LogP contribution is -2.36. The fraction of sp³-hybridized carbons (Fsp3) is 0.316. The highest BCUT2D eigenvalue weighted by Gasteiger charge is 2.20. The molecule has 2 amide bonds. The summed E-state index contributed by atoms with van der Waals surface area (Å²) in [5.74, 6) is 2.27. The van der Waals surface area contributed by atoms with Crippen LogP contribution in [0.15, 0.2) is 42.5 Å². The molecule has 2 aromatic rings. The number of para-hydroxylation sites is 2. The lowest BCUT2D eigenvalue weighted by atomic mass is 10.2. The maximum Gasteiger partial charge on any atom is 0.319 e. The van der Waals surface area contributed by atoms with Crippen molar-refractivity contribution in [2.45, 2.75) is 19.4 Å². The molecule has 25 heavy (non-hydrogen) atoms. The van der Waals surface area contributed by atoms with E-state index in [0.717, 1.165) is 28.5 Å². The Morgan fingerprint density at radius 3 is 2.80 bits per heavy atom. The van der Waals surface area contributed by atoms with Gasteiger partial charge in [-0.1, -0.05) is 12.1 Å². The van der Waals surface area contributed by atoms with E-state index in [9.17, 15) is 4.79 Å². The van der Waals surface area contributed by atoms with Crippen molar-refractivity contribution in [3.8, 4) is 17.2 Å². The minimum atomic E-state index is -0.245. The van der Waals surface area contributed by atoms with Gasteiger partial charge in [0, 0.05) is 18.7 Å². The molecule has 0 radical (unpaired) electrons. The van der Waals surface area contributed by atoms with E-state index in [1.807, 2.05) is 49.4 Å². The molecule has 1 aliphatic rings. The Labute approximate surface area is 147 Å². The Morgan fingerprint density at radius 2 is 2.04 bits per heavy atom. The zero-order chi connectivity index (χ0) is 17.6. The summed E-state index contributed by atoms with van der Waals surface area (Å²) in [4.78, 5) is 12.0. The van der Waals surface area contributed by atoms with Gasteiger partial charge in [0.1, 0.15) is 18.5 Å². The Hall–Kier alpha value is -2.89. The van der Waals surface area contributed by atoms with Crippen LogP contribution in [-0.2, 0) is 0 Å². The average molecular weight is 342 g/mol. The van der Waals surface area contributed by atoms with E-state index in [4.69, 9.17) is 14.2 Å². The lowest BCUT2D eigenvalue weighted by Gasteiger charge is -2.26.